The van der Waals surface area contributed by atoms with Crippen molar-refractivity contribution in [2.75, 3.05) is 20.3 Å². The molecule has 0 bridgehead atoms. The van der Waals surface area contributed by atoms with Crippen LogP contribution in [0.1, 0.15) is 21.5 Å². The van der Waals surface area contributed by atoms with Gasteiger partial charge in [0.1, 0.15) is 5.75 Å². The maximum absolute atomic E-state index is 13.0. The molecule has 0 fully saturated rings. The van der Waals surface area contributed by atoms with Gasteiger partial charge in [0.2, 0.25) is 5.88 Å². The molecule has 0 aliphatic heterocycles. The average molecular weight is 466 g/mol. The Morgan fingerprint density at radius 3 is 2.43 bits per heavy atom. The molecule has 2 aromatic carbocycles. The monoisotopic (exact) mass is 465 g/mol. The van der Waals surface area contributed by atoms with E-state index in [4.69, 9.17) is 14.7 Å². The number of carbonyl (C=O) groups excluding carboxylic acids is 1. The zero-order valence-corrected chi connectivity index (χ0v) is 18.0. The largest absolute Gasteiger partial charge is 0.439 e. The van der Waals surface area contributed by atoms with Crippen LogP contribution < -0.4 is 4.74 Å². The lowest BCUT2D eigenvalue weighted by Crippen LogP contribution is -2.33. The maximum Gasteiger partial charge on any atom is 0.255 e. The van der Waals surface area contributed by atoms with E-state index in [1.807, 2.05) is 36.4 Å². The van der Waals surface area contributed by atoms with Crippen molar-refractivity contribution in [3.05, 3.63) is 88.0 Å². The summed E-state index contributed by atoms with van der Waals surface area (Å²) in [5.41, 5.74) is 1.98. The summed E-state index contributed by atoms with van der Waals surface area (Å²) in [6, 6.07) is 20.0. The predicted octanol–water partition coefficient (Wildman–Crippen LogP) is 4.80. The second-order valence-electron chi connectivity index (χ2n) is 6.47. The molecule has 152 valence electrons. The number of carbonyl (C=O) groups is 1. The number of halogens is 1. The lowest BCUT2D eigenvalue weighted by atomic mass is 10.1. The molecule has 6 nitrogen and oxygen atoms in total. The Morgan fingerprint density at radius 2 is 1.83 bits per heavy atom. The predicted molar refractivity (Wildman–Crippen MR) is 116 cm³/mol. The molecule has 0 spiro atoms. The highest BCUT2D eigenvalue weighted by Gasteiger charge is 2.17. The lowest BCUT2D eigenvalue weighted by Gasteiger charge is -2.22. The summed E-state index contributed by atoms with van der Waals surface area (Å²) >= 11 is 3.38. The number of ether oxygens (including phenoxy) is 2. The Hall–Kier alpha value is -3.21. The summed E-state index contributed by atoms with van der Waals surface area (Å²) in [7, 11) is 1.60. The number of amides is 1. The van der Waals surface area contributed by atoms with E-state index in [1.165, 1.54) is 6.20 Å². The van der Waals surface area contributed by atoms with Crippen molar-refractivity contribution >= 4 is 21.8 Å². The summed E-state index contributed by atoms with van der Waals surface area (Å²) in [6.07, 6.45) is 1.51. The van der Waals surface area contributed by atoms with Crippen molar-refractivity contribution in [1.82, 2.24) is 9.88 Å². The van der Waals surface area contributed by atoms with Crippen molar-refractivity contribution in [3.63, 3.8) is 0 Å². The first-order chi connectivity index (χ1) is 14.6. The van der Waals surface area contributed by atoms with Gasteiger partial charge in [0.15, 0.2) is 0 Å². The fourth-order valence-corrected chi connectivity index (χ4v) is 3.00. The number of methoxy groups -OCH3 is 1. The van der Waals surface area contributed by atoms with Gasteiger partial charge in [0, 0.05) is 36.9 Å². The molecule has 3 rings (SSSR count). The molecule has 0 atom stereocenters. The molecule has 1 heterocycles. The van der Waals surface area contributed by atoms with Crippen LogP contribution in [0.25, 0.3) is 0 Å². The average Bonchev–Trinajstić information content (AvgIpc) is 2.78. The van der Waals surface area contributed by atoms with Gasteiger partial charge in [-0.2, -0.15) is 5.26 Å². The van der Waals surface area contributed by atoms with E-state index in [-0.39, 0.29) is 5.91 Å². The highest BCUT2D eigenvalue weighted by Crippen LogP contribution is 2.22. The highest BCUT2D eigenvalue weighted by molar-refractivity contribution is 9.10. The van der Waals surface area contributed by atoms with Gasteiger partial charge in [-0.15, -0.1) is 0 Å². The third kappa shape index (κ3) is 5.89. The molecular formula is C23H20BrN3O3. The van der Waals surface area contributed by atoms with Crippen LogP contribution in [0.3, 0.4) is 0 Å². The molecule has 0 unspecified atom stereocenters. The fraction of sp³-hybridized carbons (Fsp3) is 0.174. The first kappa shape index (κ1) is 21.5. The van der Waals surface area contributed by atoms with E-state index in [1.54, 1.807) is 36.3 Å². The fourth-order valence-electron chi connectivity index (χ4n) is 2.73. The van der Waals surface area contributed by atoms with E-state index >= 15 is 0 Å². The molecule has 7 heteroatoms. The topological polar surface area (TPSA) is 75.5 Å². The van der Waals surface area contributed by atoms with Crippen molar-refractivity contribution in [3.8, 4) is 17.7 Å². The second kappa shape index (κ2) is 10.5. The van der Waals surface area contributed by atoms with Gasteiger partial charge in [-0.25, -0.2) is 4.98 Å². The summed E-state index contributed by atoms with van der Waals surface area (Å²) in [5.74, 6) is 0.913. The third-order valence-electron chi connectivity index (χ3n) is 4.33. The Balaban J connectivity index is 1.71. The molecule has 0 aliphatic carbocycles. The Labute approximate surface area is 183 Å². The van der Waals surface area contributed by atoms with E-state index in [2.05, 4.69) is 27.0 Å². The van der Waals surface area contributed by atoms with Gasteiger partial charge >= 0.3 is 0 Å². The quantitative estimate of drug-likeness (QED) is 0.477. The Bertz CT molecular complexity index is 1010. The molecular weight excluding hydrogens is 446 g/mol. The van der Waals surface area contributed by atoms with E-state index in [0.29, 0.717) is 42.5 Å². The molecule has 1 aromatic heterocycles. The van der Waals surface area contributed by atoms with Gasteiger partial charge < -0.3 is 14.4 Å². The van der Waals surface area contributed by atoms with E-state index in [9.17, 15) is 4.79 Å². The van der Waals surface area contributed by atoms with Gasteiger partial charge in [-0.05, 0) is 48.0 Å². The lowest BCUT2D eigenvalue weighted by molar-refractivity contribution is 0.0680. The van der Waals surface area contributed by atoms with Gasteiger partial charge in [0.25, 0.3) is 5.91 Å². The third-order valence-corrected chi connectivity index (χ3v) is 4.86. The Kier molecular flexibility index (Phi) is 7.55. The van der Waals surface area contributed by atoms with Gasteiger partial charge in [0.05, 0.1) is 23.8 Å². The highest BCUT2D eigenvalue weighted by atomic mass is 79.9. The van der Waals surface area contributed by atoms with Crippen molar-refractivity contribution in [1.29, 1.82) is 5.26 Å². The van der Waals surface area contributed by atoms with E-state index in [0.717, 1.165) is 10.0 Å². The minimum absolute atomic E-state index is 0.154. The molecule has 30 heavy (non-hydrogen) atoms. The van der Waals surface area contributed by atoms with Crippen LogP contribution >= 0.6 is 15.9 Å². The van der Waals surface area contributed by atoms with Gasteiger partial charge in [-0.3, -0.25) is 4.79 Å². The zero-order chi connectivity index (χ0) is 21.3. The molecule has 3 aromatic rings. The van der Waals surface area contributed by atoms with Crippen LogP contribution in [0.2, 0.25) is 0 Å². The number of aromatic nitrogens is 1. The number of nitrogens with zero attached hydrogens (tertiary/aromatic N) is 3. The minimum atomic E-state index is -0.154. The first-order valence-electron chi connectivity index (χ1n) is 9.26. The summed E-state index contributed by atoms with van der Waals surface area (Å²) in [4.78, 5) is 19.0. The van der Waals surface area contributed by atoms with Crippen LogP contribution in [0, 0.1) is 11.3 Å². The molecule has 0 saturated heterocycles. The van der Waals surface area contributed by atoms with Gasteiger partial charge in [-0.1, -0.05) is 28.1 Å². The second-order valence-corrected chi connectivity index (χ2v) is 7.39. The molecule has 0 aliphatic rings. The van der Waals surface area contributed by atoms with Crippen LogP contribution in [-0.2, 0) is 11.3 Å². The molecule has 1 amide bonds. The number of benzene rings is 2. The normalized spacial score (nSPS) is 10.3. The number of hydrogen-bond acceptors (Lipinski definition) is 5. The minimum Gasteiger partial charge on any atom is -0.439 e. The summed E-state index contributed by atoms with van der Waals surface area (Å²) < 4.78 is 11.8. The van der Waals surface area contributed by atoms with Crippen LogP contribution in [0.15, 0.2) is 71.3 Å². The molecule has 0 saturated carbocycles. The smallest absolute Gasteiger partial charge is 0.255 e. The summed E-state index contributed by atoms with van der Waals surface area (Å²) in [5, 5.41) is 8.94. The van der Waals surface area contributed by atoms with Crippen molar-refractivity contribution < 1.29 is 14.3 Å². The number of rotatable bonds is 8. The molecule has 0 radical (unpaired) electrons. The maximum atomic E-state index is 13.0. The first-order valence-corrected chi connectivity index (χ1v) is 10.0. The van der Waals surface area contributed by atoms with Crippen LogP contribution in [0.4, 0.5) is 0 Å². The van der Waals surface area contributed by atoms with Crippen LogP contribution in [-0.4, -0.2) is 36.1 Å². The number of pyridine rings is 1. The van der Waals surface area contributed by atoms with Crippen molar-refractivity contribution in [2.45, 2.75) is 6.54 Å². The van der Waals surface area contributed by atoms with E-state index < -0.39 is 0 Å². The van der Waals surface area contributed by atoms with Crippen molar-refractivity contribution in [2.24, 2.45) is 0 Å². The standard InChI is InChI=1S/C23H20BrN3O3/c1-29-13-12-27(16-18-4-2-17(14-25)3-5-18)23(28)19-6-11-22(26-15-19)30-21-9-7-20(24)8-10-21/h2-11,15H,12-13,16H2,1H3. The zero-order valence-electron chi connectivity index (χ0n) is 16.4. The SMILES string of the molecule is COCCN(Cc1ccc(C#N)cc1)C(=O)c1ccc(Oc2ccc(Br)cc2)nc1. The Morgan fingerprint density at radius 1 is 1.10 bits per heavy atom. The molecule has 0 N–H and O–H groups in total. The number of nitriles is 1. The number of hydrogen-bond donors (Lipinski definition) is 0. The van der Waals surface area contributed by atoms with Crippen LogP contribution in [0.5, 0.6) is 11.6 Å². The summed E-state index contributed by atoms with van der Waals surface area (Å²) in [6.45, 7) is 1.26.